The molecular formula is C15H7F6NO5. The third-order valence-corrected chi connectivity index (χ3v) is 3.24. The summed E-state index contributed by atoms with van der Waals surface area (Å²) < 4.78 is 82.0. The van der Waals surface area contributed by atoms with E-state index in [1.807, 2.05) is 0 Å². The van der Waals surface area contributed by atoms with Gasteiger partial charge in [0.15, 0.2) is 0 Å². The summed E-state index contributed by atoms with van der Waals surface area (Å²) in [6, 6.07) is 2.73. The lowest BCUT2D eigenvalue weighted by molar-refractivity contribution is -0.385. The van der Waals surface area contributed by atoms with Gasteiger partial charge in [0.2, 0.25) is 0 Å². The highest BCUT2D eigenvalue weighted by molar-refractivity contribution is 5.92. The summed E-state index contributed by atoms with van der Waals surface area (Å²) in [6.45, 7) is 0. The smallest absolute Gasteiger partial charge is 0.420 e. The molecule has 0 saturated carbocycles. The zero-order valence-corrected chi connectivity index (χ0v) is 12.8. The van der Waals surface area contributed by atoms with Gasteiger partial charge in [-0.15, -0.1) is 0 Å². The second kappa shape index (κ2) is 6.78. The summed E-state index contributed by atoms with van der Waals surface area (Å²) in [7, 11) is 0. The number of halogens is 6. The van der Waals surface area contributed by atoms with E-state index in [1.165, 1.54) is 0 Å². The molecule has 1 N–H and O–H groups in total. The van der Waals surface area contributed by atoms with E-state index in [4.69, 9.17) is 9.84 Å². The number of nitro benzene ring substituents is 1. The molecule has 0 atom stereocenters. The Morgan fingerprint density at radius 3 is 2.11 bits per heavy atom. The number of nitrogens with zero attached hydrogens (tertiary/aromatic N) is 1. The van der Waals surface area contributed by atoms with Crippen molar-refractivity contribution < 1.29 is 45.9 Å². The Balaban J connectivity index is 2.53. The summed E-state index contributed by atoms with van der Waals surface area (Å²) in [4.78, 5) is 20.8. The van der Waals surface area contributed by atoms with Gasteiger partial charge in [-0.3, -0.25) is 10.1 Å². The highest BCUT2D eigenvalue weighted by atomic mass is 19.4. The normalized spacial score (nSPS) is 11.9. The molecule has 0 heterocycles. The molecular weight excluding hydrogens is 388 g/mol. The minimum atomic E-state index is -5.20. The number of hydrogen-bond donors (Lipinski definition) is 1. The van der Waals surface area contributed by atoms with Crippen LogP contribution in [-0.2, 0) is 12.4 Å². The monoisotopic (exact) mass is 395 g/mol. The number of benzene rings is 2. The molecule has 0 aromatic heterocycles. The number of rotatable bonds is 4. The Hall–Kier alpha value is -3.31. The molecule has 0 saturated heterocycles. The van der Waals surface area contributed by atoms with E-state index in [1.54, 1.807) is 0 Å². The third-order valence-electron chi connectivity index (χ3n) is 3.24. The van der Waals surface area contributed by atoms with Crippen molar-refractivity contribution in [1.82, 2.24) is 0 Å². The quantitative estimate of drug-likeness (QED) is 0.441. The first-order valence-electron chi connectivity index (χ1n) is 6.78. The topological polar surface area (TPSA) is 89.7 Å². The van der Waals surface area contributed by atoms with Crippen molar-refractivity contribution in [3.05, 3.63) is 63.2 Å². The third kappa shape index (κ3) is 4.46. The molecule has 0 fully saturated rings. The molecule has 144 valence electrons. The summed E-state index contributed by atoms with van der Waals surface area (Å²) in [5, 5.41) is 19.7. The van der Waals surface area contributed by atoms with Crippen LogP contribution < -0.4 is 4.74 Å². The van der Waals surface area contributed by atoms with E-state index in [0.29, 0.717) is 24.3 Å². The largest absolute Gasteiger partial charge is 0.477 e. The molecule has 0 bridgehead atoms. The van der Waals surface area contributed by atoms with Gasteiger partial charge in [-0.1, -0.05) is 0 Å². The molecule has 0 aliphatic carbocycles. The number of carbonyl (C=O) groups is 1. The lowest BCUT2D eigenvalue weighted by Gasteiger charge is -2.16. The molecule has 6 nitrogen and oxygen atoms in total. The van der Waals surface area contributed by atoms with Crippen LogP contribution in [0.25, 0.3) is 0 Å². The van der Waals surface area contributed by atoms with Crippen molar-refractivity contribution in [3.8, 4) is 11.5 Å². The van der Waals surface area contributed by atoms with Gasteiger partial charge in [0.25, 0.3) is 5.69 Å². The molecule has 2 rings (SSSR count). The minimum absolute atomic E-state index is 0.154. The van der Waals surface area contributed by atoms with E-state index in [0.717, 1.165) is 6.07 Å². The van der Waals surface area contributed by atoms with Crippen molar-refractivity contribution in [1.29, 1.82) is 0 Å². The molecule has 0 aliphatic rings. The number of hydrogen-bond acceptors (Lipinski definition) is 4. The van der Waals surface area contributed by atoms with Crippen molar-refractivity contribution in [2.45, 2.75) is 12.4 Å². The first kappa shape index (κ1) is 20.0. The van der Waals surface area contributed by atoms with Crippen LogP contribution in [0.3, 0.4) is 0 Å². The maximum absolute atomic E-state index is 13.1. The summed E-state index contributed by atoms with van der Waals surface area (Å²) >= 11 is 0. The molecule has 0 spiro atoms. The number of alkyl halides is 6. The van der Waals surface area contributed by atoms with Gasteiger partial charge in [-0.2, -0.15) is 26.3 Å². The van der Waals surface area contributed by atoms with Crippen LogP contribution in [0.4, 0.5) is 32.0 Å². The van der Waals surface area contributed by atoms with Gasteiger partial charge in [-0.25, -0.2) is 4.79 Å². The van der Waals surface area contributed by atoms with E-state index < -0.39 is 57.1 Å². The molecule has 2 aromatic rings. The van der Waals surface area contributed by atoms with Crippen LogP contribution in [-0.4, -0.2) is 16.0 Å². The maximum atomic E-state index is 13.1. The first-order valence-corrected chi connectivity index (χ1v) is 6.78. The fraction of sp³-hybridized carbons (Fsp3) is 0.133. The molecule has 2 aromatic carbocycles. The summed E-state index contributed by atoms with van der Waals surface area (Å²) in [5.41, 5.74) is -5.00. The van der Waals surface area contributed by atoms with Crippen molar-refractivity contribution in [3.63, 3.8) is 0 Å². The maximum Gasteiger partial charge on any atom is 0.420 e. The van der Waals surface area contributed by atoms with Gasteiger partial charge in [0.05, 0.1) is 16.1 Å². The average Bonchev–Trinajstić information content (AvgIpc) is 2.52. The SMILES string of the molecule is O=C(O)c1cc(Oc2ccc(C(F)(F)F)cc2C(F)(F)F)ccc1[N+](=O)[O-]. The number of ether oxygens (including phenoxy) is 1. The molecule has 0 amide bonds. The van der Waals surface area contributed by atoms with Crippen molar-refractivity contribution in [2.24, 2.45) is 0 Å². The molecule has 27 heavy (non-hydrogen) atoms. The van der Waals surface area contributed by atoms with Gasteiger partial charge >= 0.3 is 18.3 Å². The Morgan fingerprint density at radius 2 is 1.63 bits per heavy atom. The molecule has 0 aliphatic heterocycles. The van der Waals surface area contributed by atoms with E-state index in [9.17, 15) is 41.3 Å². The fourth-order valence-electron chi connectivity index (χ4n) is 2.05. The van der Waals surface area contributed by atoms with Crippen LogP contribution in [0.1, 0.15) is 21.5 Å². The Morgan fingerprint density at radius 1 is 1.00 bits per heavy atom. The number of carboxylic acid groups (broad SMARTS) is 1. The predicted molar refractivity (Wildman–Crippen MR) is 76.6 cm³/mol. The highest BCUT2D eigenvalue weighted by Gasteiger charge is 2.39. The predicted octanol–water partition coefficient (Wildman–Crippen LogP) is 5.12. The molecule has 0 radical (unpaired) electrons. The Labute approximate surface area is 145 Å². The second-order valence-corrected chi connectivity index (χ2v) is 5.05. The zero-order valence-electron chi connectivity index (χ0n) is 12.8. The van der Waals surface area contributed by atoms with Crippen molar-refractivity contribution in [2.75, 3.05) is 0 Å². The second-order valence-electron chi connectivity index (χ2n) is 5.05. The summed E-state index contributed by atoms with van der Waals surface area (Å²) in [6.07, 6.45) is -10.2. The average molecular weight is 395 g/mol. The highest BCUT2D eigenvalue weighted by Crippen LogP contribution is 2.42. The van der Waals surface area contributed by atoms with Gasteiger partial charge in [0, 0.05) is 12.1 Å². The van der Waals surface area contributed by atoms with E-state index in [-0.39, 0.29) is 6.07 Å². The lowest BCUT2D eigenvalue weighted by atomic mass is 10.1. The number of aromatic carboxylic acids is 1. The minimum Gasteiger partial charge on any atom is -0.477 e. The van der Waals surface area contributed by atoms with Crippen molar-refractivity contribution >= 4 is 11.7 Å². The Bertz CT molecular complexity index is 907. The van der Waals surface area contributed by atoms with E-state index >= 15 is 0 Å². The number of nitro groups is 1. The Kier molecular flexibility index (Phi) is 5.02. The summed E-state index contributed by atoms with van der Waals surface area (Å²) in [5.74, 6) is -3.31. The molecule has 0 unspecified atom stereocenters. The first-order chi connectivity index (χ1) is 12.3. The lowest BCUT2D eigenvalue weighted by Crippen LogP contribution is -2.12. The molecule has 12 heteroatoms. The van der Waals surface area contributed by atoms with Gasteiger partial charge in [0.1, 0.15) is 17.1 Å². The van der Waals surface area contributed by atoms with Gasteiger partial charge in [-0.05, 0) is 24.3 Å². The fourth-order valence-corrected chi connectivity index (χ4v) is 2.05. The van der Waals surface area contributed by atoms with Crippen LogP contribution in [0.15, 0.2) is 36.4 Å². The zero-order chi connectivity index (χ0) is 20.6. The van der Waals surface area contributed by atoms with Crippen LogP contribution in [0.2, 0.25) is 0 Å². The standard InChI is InChI=1S/C15H7F6NO5/c16-14(17,18)7-1-4-12(10(5-7)15(19,20)21)27-8-2-3-11(22(25)26)9(6-8)13(23)24/h1-6H,(H,23,24). The van der Waals surface area contributed by atoms with Crippen LogP contribution >= 0.6 is 0 Å². The van der Waals surface area contributed by atoms with Gasteiger partial charge < -0.3 is 9.84 Å². The van der Waals surface area contributed by atoms with Crippen LogP contribution in [0, 0.1) is 10.1 Å². The number of carboxylic acids is 1. The van der Waals surface area contributed by atoms with Crippen LogP contribution in [0.5, 0.6) is 11.5 Å². The van der Waals surface area contributed by atoms with E-state index in [2.05, 4.69) is 0 Å².